The minimum Gasteiger partial charge on any atom is -0.461 e. The first-order chi connectivity index (χ1) is 15.1. The first-order valence-corrected chi connectivity index (χ1v) is 10.8. The molecule has 0 saturated heterocycles. The van der Waals surface area contributed by atoms with Gasteiger partial charge in [0.2, 0.25) is 5.82 Å². The van der Waals surface area contributed by atoms with E-state index in [1.54, 1.807) is 12.3 Å². The SMILES string of the molecule is Cc1cc2oc(=O)cc(CSc3nnc(-c4ccco4)n3-c3ccccc3)c2cc1C. The predicted molar refractivity (Wildman–Crippen MR) is 121 cm³/mol. The van der Waals surface area contributed by atoms with Crippen LogP contribution >= 0.6 is 11.8 Å². The summed E-state index contributed by atoms with van der Waals surface area (Å²) in [7, 11) is 0. The Morgan fingerprint density at radius 1 is 0.968 bits per heavy atom. The predicted octanol–water partition coefficient (Wildman–Crippen LogP) is 5.54. The second kappa shape index (κ2) is 7.92. The molecule has 0 aliphatic carbocycles. The Labute approximate surface area is 182 Å². The third-order valence-electron chi connectivity index (χ3n) is 5.19. The molecular formula is C24H19N3O3S. The molecule has 0 spiro atoms. The van der Waals surface area contributed by atoms with Crippen LogP contribution in [0.3, 0.4) is 0 Å². The lowest BCUT2D eigenvalue weighted by atomic mass is 10.0. The number of aryl methyl sites for hydroxylation is 2. The molecule has 0 radical (unpaired) electrons. The molecule has 0 saturated carbocycles. The molecule has 154 valence electrons. The molecule has 0 N–H and O–H groups in total. The Morgan fingerprint density at radius 2 is 1.77 bits per heavy atom. The quantitative estimate of drug-likeness (QED) is 0.270. The van der Waals surface area contributed by atoms with Crippen molar-refractivity contribution in [3.63, 3.8) is 0 Å². The molecule has 0 fully saturated rings. The van der Waals surface area contributed by atoms with E-state index in [0.717, 1.165) is 27.8 Å². The van der Waals surface area contributed by atoms with Gasteiger partial charge in [-0.2, -0.15) is 0 Å². The molecule has 0 atom stereocenters. The van der Waals surface area contributed by atoms with Crippen molar-refractivity contribution in [2.75, 3.05) is 0 Å². The molecule has 6 nitrogen and oxygen atoms in total. The number of para-hydroxylation sites is 1. The standard InChI is InChI=1S/C24H19N3O3S/c1-15-11-19-17(13-22(28)30-21(19)12-16(15)2)14-31-24-26-25-23(20-9-6-10-29-20)27(24)18-7-4-3-5-8-18/h3-13H,14H2,1-2H3. The van der Waals surface area contributed by atoms with E-state index in [9.17, 15) is 4.79 Å². The monoisotopic (exact) mass is 429 g/mol. The topological polar surface area (TPSA) is 74.1 Å². The highest BCUT2D eigenvalue weighted by atomic mass is 32.2. The maximum absolute atomic E-state index is 12.1. The van der Waals surface area contributed by atoms with Gasteiger partial charge in [0.15, 0.2) is 10.9 Å². The van der Waals surface area contributed by atoms with Crippen molar-refractivity contribution in [1.29, 1.82) is 0 Å². The molecule has 0 unspecified atom stereocenters. The average Bonchev–Trinajstić information content (AvgIpc) is 3.43. The van der Waals surface area contributed by atoms with Crippen molar-refractivity contribution in [2.45, 2.75) is 24.8 Å². The molecule has 5 aromatic rings. The van der Waals surface area contributed by atoms with Gasteiger partial charge >= 0.3 is 5.63 Å². The third-order valence-corrected chi connectivity index (χ3v) is 6.17. The highest BCUT2D eigenvalue weighted by molar-refractivity contribution is 7.98. The average molecular weight is 430 g/mol. The molecular weight excluding hydrogens is 410 g/mol. The van der Waals surface area contributed by atoms with Gasteiger partial charge in [0.1, 0.15) is 5.58 Å². The Kier molecular flexibility index (Phi) is 4.95. The maximum Gasteiger partial charge on any atom is 0.336 e. The number of rotatable bonds is 5. The van der Waals surface area contributed by atoms with Gasteiger partial charge < -0.3 is 8.83 Å². The van der Waals surface area contributed by atoms with Gasteiger partial charge in [0.05, 0.1) is 6.26 Å². The second-order valence-electron chi connectivity index (χ2n) is 7.27. The number of benzene rings is 2. The second-order valence-corrected chi connectivity index (χ2v) is 8.21. The largest absolute Gasteiger partial charge is 0.461 e. The fourth-order valence-electron chi connectivity index (χ4n) is 3.48. The number of nitrogens with zero attached hydrogens (tertiary/aromatic N) is 3. The number of aromatic nitrogens is 3. The van der Waals surface area contributed by atoms with E-state index < -0.39 is 0 Å². The molecule has 3 heterocycles. The van der Waals surface area contributed by atoms with Crippen LogP contribution in [0.4, 0.5) is 0 Å². The van der Waals surface area contributed by atoms with Crippen LogP contribution in [0.1, 0.15) is 16.7 Å². The van der Waals surface area contributed by atoms with Gasteiger partial charge in [-0.3, -0.25) is 4.57 Å². The van der Waals surface area contributed by atoms with E-state index >= 15 is 0 Å². The van der Waals surface area contributed by atoms with Crippen molar-refractivity contribution >= 4 is 22.7 Å². The Morgan fingerprint density at radius 3 is 2.55 bits per heavy atom. The van der Waals surface area contributed by atoms with Crippen molar-refractivity contribution in [3.05, 3.63) is 94.0 Å². The van der Waals surface area contributed by atoms with Gasteiger partial charge in [-0.05, 0) is 66.9 Å². The normalized spacial score (nSPS) is 11.3. The molecule has 0 aliphatic heterocycles. The van der Waals surface area contributed by atoms with E-state index in [1.165, 1.54) is 11.8 Å². The number of hydrogen-bond acceptors (Lipinski definition) is 6. The minimum atomic E-state index is -0.354. The molecule has 0 bridgehead atoms. The zero-order valence-corrected chi connectivity index (χ0v) is 17.8. The maximum atomic E-state index is 12.1. The summed E-state index contributed by atoms with van der Waals surface area (Å²) < 4.78 is 13.0. The van der Waals surface area contributed by atoms with Gasteiger partial charge in [0.25, 0.3) is 0 Å². The summed E-state index contributed by atoms with van der Waals surface area (Å²) in [6.07, 6.45) is 1.62. The molecule has 0 aliphatic rings. The van der Waals surface area contributed by atoms with Crippen LogP contribution in [-0.4, -0.2) is 14.8 Å². The minimum absolute atomic E-state index is 0.354. The molecule has 31 heavy (non-hydrogen) atoms. The number of furan rings is 1. The molecule has 3 aromatic heterocycles. The number of thioether (sulfide) groups is 1. The van der Waals surface area contributed by atoms with Crippen LogP contribution in [0.15, 0.2) is 85.7 Å². The van der Waals surface area contributed by atoms with Crippen molar-refractivity contribution in [3.8, 4) is 17.3 Å². The lowest BCUT2D eigenvalue weighted by Crippen LogP contribution is -2.02. The lowest BCUT2D eigenvalue weighted by molar-refractivity contribution is 0.559. The molecule has 0 amide bonds. The molecule has 2 aromatic carbocycles. The van der Waals surface area contributed by atoms with Gasteiger partial charge in [-0.25, -0.2) is 4.79 Å². The van der Waals surface area contributed by atoms with E-state index in [1.807, 2.05) is 60.0 Å². The number of fused-ring (bicyclic) bond motifs is 1. The summed E-state index contributed by atoms with van der Waals surface area (Å²) in [5.41, 5.74) is 4.33. The molecule has 5 rings (SSSR count). The van der Waals surface area contributed by atoms with Crippen molar-refractivity contribution < 1.29 is 8.83 Å². The van der Waals surface area contributed by atoms with Gasteiger partial charge in [-0.1, -0.05) is 30.0 Å². The van der Waals surface area contributed by atoms with E-state index in [0.29, 0.717) is 28.1 Å². The van der Waals surface area contributed by atoms with Gasteiger partial charge in [-0.15, -0.1) is 10.2 Å². The fourth-order valence-corrected chi connectivity index (χ4v) is 4.43. The first-order valence-electron chi connectivity index (χ1n) is 9.81. The zero-order valence-electron chi connectivity index (χ0n) is 17.0. The summed E-state index contributed by atoms with van der Waals surface area (Å²) in [5.74, 6) is 1.82. The van der Waals surface area contributed by atoms with Crippen LogP contribution in [-0.2, 0) is 5.75 Å². The highest BCUT2D eigenvalue weighted by Gasteiger charge is 2.18. The smallest absolute Gasteiger partial charge is 0.336 e. The van der Waals surface area contributed by atoms with Crippen LogP contribution in [0.5, 0.6) is 0 Å². The van der Waals surface area contributed by atoms with Gasteiger partial charge in [0, 0.05) is 22.9 Å². The van der Waals surface area contributed by atoms with E-state index in [-0.39, 0.29) is 5.63 Å². The van der Waals surface area contributed by atoms with E-state index in [2.05, 4.69) is 23.2 Å². The lowest BCUT2D eigenvalue weighted by Gasteiger charge is -2.10. The summed E-state index contributed by atoms with van der Waals surface area (Å²) in [6.45, 7) is 4.06. The summed E-state index contributed by atoms with van der Waals surface area (Å²) >= 11 is 1.51. The van der Waals surface area contributed by atoms with Crippen LogP contribution in [0, 0.1) is 13.8 Å². The Hall–Kier alpha value is -3.58. The molecule has 7 heteroatoms. The van der Waals surface area contributed by atoms with Crippen LogP contribution < -0.4 is 5.63 Å². The van der Waals surface area contributed by atoms with Crippen LogP contribution in [0.25, 0.3) is 28.2 Å². The zero-order chi connectivity index (χ0) is 21.4. The first kappa shape index (κ1) is 19.4. The highest BCUT2D eigenvalue weighted by Crippen LogP contribution is 2.31. The Balaban J connectivity index is 1.56. The summed E-state index contributed by atoms with van der Waals surface area (Å²) in [6, 6.07) is 19.1. The van der Waals surface area contributed by atoms with Crippen LogP contribution in [0.2, 0.25) is 0 Å². The number of hydrogen-bond donors (Lipinski definition) is 0. The van der Waals surface area contributed by atoms with E-state index in [4.69, 9.17) is 8.83 Å². The summed E-state index contributed by atoms with van der Waals surface area (Å²) in [4.78, 5) is 12.1. The Bertz CT molecular complexity index is 1420. The van der Waals surface area contributed by atoms with Crippen molar-refractivity contribution in [2.24, 2.45) is 0 Å². The third kappa shape index (κ3) is 3.68. The fraction of sp³-hybridized carbons (Fsp3) is 0.125. The van der Waals surface area contributed by atoms with Crippen molar-refractivity contribution in [1.82, 2.24) is 14.8 Å². The summed E-state index contributed by atoms with van der Waals surface area (Å²) in [5, 5.41) is 10.4.